The molecule has 2 nitrogen and oxygen atoms in total. The average Bonchev–Trinajstić information content (AvgIpc) is 1.89. The van der Waals surface area contributed by atoms with Crippen LogP contribution >= 0.6 is 0 Å². The fourth-order valence-electron chi connectivity index (χ4n) is 0.713. The highest BCUT2D eigenvalue weighted by molar-refractivity contribution is 5.48. The van der Waals surface area contributed by atoms with E-state index >= 15 is 0 Å². The third-order valence-electron chi connectivity index (χ3n) is 1.28. The van der Waals surface area contributed by atoms with Crippen LogP contribution in [0.3, 0.4) is 0 Å². The second-order valence-electron chi connectivity index (χ2n) is 1.94. The van der Waals surface area contributed by atoms with Crippen molar-refractivity contribution in [3.8, 4) is 0 Å². The first-order valence-electron chi connectivity index (χ1n) is 2.83. The molecule has 9 heavy (non-hydrogen) atoms. The summed E-state index contributed by atoms with van der Waals surface area (Å²) in [6, 6.07) is 7.71. The molecule has 0 spiro atoms. The Kier molecular flexibility index (Phi) is 1.70. The molecule has 1 radical (unpaired) electrons. The number of anilines is 1. The SMILES string of the molecule is Cc1ccccc1N[NH]. The minimum atomic E-state index is 0.873. The lowest BCUT2D eigenvalue weighted by molar-refractivity contribution is 1.26. The van der Waals surface area contributed by atoms with Gasteiger partial charge in [-0.15, -0.1) is 0 Å². The Hall–Kier alpha value is -1.02. The Balaban J connectivity index is 3.01. The summed E-state index contributed by atoms with van der Waals surface area (Å²) in [5.74, 6) is 6.83. The van der Waals surface area contributed by atoms with Crippen molar-refractivity contribution in [3.63, 3.8) is 0 Å². The van der Waals surface area contributed by atoms with Gasteiger partial charge in [-0.25, -0.2) is 0 Å². The van der Waals surface area contributed by atoms with Crippen molar-refractivity contribution in [2.75, 3.05) is 5.43 Å². The Morgan fingerprint density at radius 2 is 2.00 bits per heavy atom. The second-order valence-corrected chi connectivity index (χ2v) is 1.94. The van der Waals surface area contributed by atoms with Crippen molar-refractivity contribution < 1.29 is 0 Å². The van der Waals surface area contributed by atoms with E-state index in [1.54, 1.807) is 0 Å². The van der Waals surface area contributed by atoms with Crippen molar-refractivity contribution in [1.29, 1.82) is 0 Å². The van der Waals surface area contributed by atoms with E-state index in [9.17, 15) is 0 Å². The monoisotopic (exact) mass is 121 g/mol. The maximum atomic E-state index is 6.83. The molecule has 0 bridgehead atoms. The highest BCUT2D eigenvalue weighted by Crippen LogP contribution is 2.10. The first-order chi connectivity index (χ1) is 4.34. The van der Waals surface area contributed by atoms with Crippen LogP contribution in [0.15, 0.2) is 24.3 Å². The number of para-hydroxylation sites is 1. The van der Waals surface area contributed by atoms with Gasteiger partial charge in [0.15, 0.2) is 0 Å². The third kappa shape index (κ3) is 1.21. The maximum Gasteiger partial charge on any atom is 0.0530 e. The zero-order valence-electron chi connectivity index (χ0n) is 5.31. The smallest absolute Gasteiger partial charge is 0.0530 e. The van der Waals surface area contributed by atoms with Gasteiger partial charge in [0.2, 0.25) is 0 Å². The molecule has 2 heteroatoms. The van der Waals surface area contributed by atoms with E-state index in [1.165, 1.54) is 0 Å². The molecule has 0 saturated carbocycles. The molecule has 0 aliphatic heterocycles. The summed E-state index contributed by atoms with van der Waals surface area (Å²) in [5, 5.41) is 0. The molecule has 0 saturated heterocycles. The summed E-state index contributed by atoms with van der Waals surface area (Å²) in [6.45, 7) is 1.97. The molecule has 0 heterocycles. The molecule has 0 amide bonds. The van der Waals surface area contributed by atoms with Gasteiger partial charge in [0.05, 0.1) is 5.69 Å². The maximum absolute atomic E-state index is 6.83. The normalized spacial score (nSPS) is 9.11. The fourth-order valence-corrected chi connectivity index (χ4v) is 0.713. The van der Waals surface area contributed by atoms with Crippen LogP contribution < -0.4 is 11.3 Å². The topological polar surface area (TPSA) is 35.8 Å². The van der Waals surface area contributed by atoms with Crippen LogP contribution in [0.2, 0.25) is 0 Å². The summed E-state index contributed by atoms with van der Waals surface area (Å²) in [5.41, 5.74) is 4.32. The number of benzene rings is 1. The molecule has 0 fully saturated rings. The predicted molar refractivity (Wildman–Crippen MR) is 37.9 cm³/mol. The van der Waals surface area contributed by atoms with E-state index in [0.717, 1.165) is 11.3 Å². The molecular formula is C7H9N2. The Morgan fingerprint density at radius 1 is 1.33 bits per heavy atom. The third-order valence-corrected chi connectivity index (χ3v) is 1.28. The zero-order chi connectivity index (χ0) is 6.69. The minimum absolute atomic E-state index is 0.873. The summed E-state index contributed by atoms with van der Waals surface area (Å²) in [6.07, 6.45) is 0. The van der Waals surface area contributed by atoms with Gasteiger partial charge < -0.3 is 5.43 Å². The lowest BCUT2D eigenvalue weighted by Crippen LogP contribution is -1.93. The van der Waals surface area contributed by atoms with E-state index in [0.29, 0.717) is 0 Å². The van der Waals surface area contributed by atoms with Gasteiger partial charge in [0.1, 0.15) is 0 Å². The molecule has 1 aromatic rings. The molecule has 47 valence electrons. The number of hydrogen-bond acceptors (Lipinski definition) is 1. The lowest BCUT2D eigenvalue weighted by Gasteiger charge is -2.00. The van der Waals surface area contributed by atoms with Crippen LogP contribution in [-0.4, -0.2) is 0 Å². The molecule has 0 atom stereocenters. The molecule has 0 aliphatic rings. The van der Waals surface area contributed by atoms with E-state index in [-0.39, 0.29) is 0 Å². The fraction of sp³-hybridized carbons (Fsp3) is 0.143. The van der Waals surface area contributed by atoms with Gasteiger partial charge in [-0.2, -0.15) is 5.84 Å². The van der Waals surface area contributed by atoms with Crippen LogP contribution in [0.25, 0.3) is 0 Å². The van der Waals surface area contributed by atoms with Crippen LogP contribution in [0.5, 0.6) is 0 Å². The average molecular weight is 121 g/mol. The summed E-state index contributed by atoms with van der Waals surface area (Å²) >= 11 is 0. The molecule has 1 aromatic carbocycles. The summed E-state index contributed by atoms with van der Waals surface area (Å²) < 4.78 is 0. The van der Waals surface area contributed by atoms with Crippen LogP contribution in [-0.2, 0) is 0 Å². The van der Waals surface area contributed by atoms with Gasteiger partial charge >= 0.3 is 0 Å². The Bertz CT molecular complexity index is 196. The molecule has 1 rings (SSSR count). The molecular weight excluding hydrogens is 112 g/mol. The van der Waals surface area contributed by atoms with Gasteiger partial charge in [-0.3, -0.25) is 0 Å². The molecule has 0 unspecified atom stereocenters. The molecule has 0 aromatic heterocycles. The van der Waals surface area contributed by atoms with Gasteiger partial charge in [0.25, 0.3) is 0 Å². The number of nitrogens with one attached hydrogen (secondary N) is 2. The van der Waals surface area contributed by atoms with E-state index in [2.05, 4.69) is 5.43 Å². The minimum Gasteiger partial charge on any atom is -0.307 e. The van der Waals surface area contributed by atoms with Crippen molar-refractivity contribution in [2.45, 2.75) is 6.92 Å². The van der Waals surface area contributed by atoms with Gasteiger partial charge in [-0.1, -0.05) is 18.2 Å². The number of aryl methyl sites for hydroxylation is 1. The standard InChI is InChI=1S/C7H9N2/c1-6-4-2-3-5-7(6)9-8/h2-5,8-9H,1H3. The van der Waals surface area contributed by atoms with Crippen LogP contribution in [0.1, 0.15) is 5.56 Å². The van der Waals surface area contributed by atoms with Crippen molar-refractivity contribution in [1.82, 2.24) is 5.84 Å². The second kappa shape index (κ2) is 2.51. The van der Waals surface area contributed by atoms with Gasteiger partial charge in [-0.05, 0) is 18.6 Å². The Morgan fingerprint density at radius 3 is 2.44 bits per heavy atom. The zero-order valence-corrected chi connectivity index (χ0v) is 5.31. The summed E-state index contributed by atoms with van der Waals surface area (Å²) in [4.78, 5) is 0. The molecule has 2 N–H and O–H groups in total. The quantitative estimate of drug-likeness (QED) is 0.563. The van der Waals surface area contributed by atoms with Crippen molar-refractivity contribution >= 4 is 5.69 Å². The van der Waals surface area contributed by atoms with Crippen LogP contribution in [0.4, 0.5) is 5.69 Å². The van der Waals surface area contributed by atoms with Crippen molar-refractivity contribution in [3.05, 3.63) is 29.8 Å². The highest BCUT2D eigenvalue weighted by Gasteiger charge is 1.89. The van der Waals surface area contributed by atoms with E-state index in [1.807, 2.05) is 31.2 Å². The van der Waals surface area contributed by atoms with Crippen LogP contribution in [0, 0.1) is 6.92 Å². The highest BCUT2D eigenvalue weighted by atomic mass is 15.2. The van der Waals surface area contributed by atoms with Crippen molar-refractivity contribution in [2.24, 2.45) is 0 Å². The summed E-state index contributed by atoms with van der Waals surface area (Å²) in [7, 11) is 0. The van der Waals surface area contributed by atoms with E-state index < -0.39 is 0 Å². The Labute approximate surface area is 54.7 Å². The first-order valence-corrected chi connectivity index (χ1v) is 2.83. The van der Waals surface area contributed by atoms with E-state index in [4.69, 9.17) is 5.84 Å². The number of hydrogen-bond donors (Lipinski definition) is 1. The number of rotatable bonds is 1. The first kappa shape index (κ1) is 6.11. The largest absolute Gasteiger partial charge is 0.307 e. The van der Waals surface area contributed by atoms with Gasteiger partial charge in [0, 0.05) is 0 Å². The predicted octanol–water partition coefficient (Wildman–Crippen LogP) is 1.60. The molecule has 0 aliphatic carbocycles. The lowest BCUT2D eigenvalue weighted by atomic mass is 10.2.